The number of hydrogen-bond donors (Lipinski definition) is 1. The Bertz CT molecular complexity index is 310. The number of nitrogens with two attached hydrogens (primary N) is 1. The van der Waals surface area contributed by atoms with Crippen LogP contribution in [0, 0.1) is 0 Å². The first-order valence-electron chi connectivity index (χ1n) is 5.37. The minimum absolute atomic E-state index is 0.416. The summed E-state index contributed by atoms with van der Waals surface area (Å²) in [6, 6.07) is 8.10. The van der Waals surface area contributed by atoms with Crippen LogP contribution in [-0.4, -0.2) is 31.2 Å². The predicted octanol–water partition coefficient (Wildman–Crippen LogP) is 1.49. The Hall–Kier alpha value is -1.06. The summed E-state index contributed by atoms with van der Waals surface area (Å²) < 4.78 is 5.34. The molecule has 0 unspecified atom stereocenters. The molecule has 1 fully saturated rings. The number of nitrogens with zero attached hydrogens (tertiary/aromatic N) is 1. The molecule has 1 aliphatic rings. The van der Waals surface area contributed by atoms with Gasteiger partial charge < -0.3 is 10.5 Å². The van der Waals surface area contributed by atoms with E-state index < -0.39 is 0 Å². The van der Waals surface area contributed by atoms with Crippen LogP contribution >= 0.6 is 0 Å². The van der Waals surface area contributed by atoms with Gasteiger partial charge in [0, 0.05) is 32.4 Å². The fourth-order valence-corrected chi connectivity index (χ4v) is 2.01. The number of likely N-dealkylation sites (tertiary alicyclic amines) is 1. The number of ether oxygens (including phenoxy) is 1. The lowest BCUT2D eigenvalue weighted by atomic mass is 10.2. The second-order valence-electron chi connectivity index (χ2n) is 4.12. The van der Waals surface area contributed by atoms with E-state index in [4.69, 9.17) is 10.5 Å². The molecule has 0 amide bonds. The molecular weight excluding hydrogens is 188 g/mol. The maximum absolute atomic E-state index is 5.64. The van der Waals surface area contributed by atoms with Crippen LogP contribution in [-0.2, 0) is 11.3 Å². The summed E-state index contributed by atoms with van der Waals surface area (Å²) in [5.74, 6) is 0. The summed E-state index contributed by atoms with van der Waals surface area (Å²) in [7, 11) is 1.79. The van der Waals surface area contributed by atoms with Crippen molar-refractivity contribution in [3.05, 3.63) is 29.8 Å². The van der Waals surface area contributed by atoms with Crippen LogP contribution in [0.3, 0.4) is 0 Å². The van der Waals surface area contributed by atoms with Crippen LogP contribution in [0.5, 0.6) is 0 Å². The van der Waals surface area contributed by atoms with Gasteiger partial charge >= 0.3 is 0 Å². The van der Waals surface area contributed by atoms with Gasteiger partial charge in [-0.1, -0.05) is 12.1 Å². The Morgan fingerprint density at radius 3 is 2.73 bits per heavy atom. The van der Waals surface area contributed by atoms with Gasteiger partial charge in [-0.25, -0.2) is 0 Å². The number of nitrogen functional groups attached to an aromatic ring is 1. The lowest BCUT2D eigenvalue weighted by Gasteiger charge is -2.15. The second-order valence-corrected chi connectivity index (χ2v) is 4.12. The van der Waals surface area contributed by atoms with Gasteiger partial charge in [0.1, 0.15) is 0 Å². The average molecular weight is 206 g/mol. The molecule has 15 heavy (non-hydrogen) atoms. The fraction of sp³-hybridized carbons (Fsp3) is 0.500. The van der Waals surface area contributed by atoms with Crippen molar-refractivity contribution in [2.24, 2.45) is 0 Å². The van der Waals surface area contributed by atoms with Gasteiger partial charge in [0.05, 0.1) is 6.10 Å². The highest BCUT2D eigenvalue weighted by Gasteiger charge is 2.21. The largest absolute Gasteiger partial charge is 0.399 e. The summed E-state index contributed by atoms with van der Waals surface area (Å²) in [5.41, 5.74) is 7.79. The normalized spacial score (nSPS) is 22.1. The summed E-state index contributed by atoms with van der Waals surface area (Å²) in [6.07, 6.45) is 1.56. The van der Waals surface area contributed by atoms with E-state index in [1.54, 1.807) is 7.11 Å². The first kappa shape index (κ1) is 10.5. The van der Waals surface area contributed by atoms with Crippen molar-refractivity contribution in [2.45, 2.75) is 19.1 Å². The SMILES string of the molecule is CO[C@@H]1CCN(Cc2ccc(N)cc2)C1. The summed E-state index contributed by atoms with van der Waals surface area (Å²) in [4.78, 5) is 2.42. The van der Waals surface area contributed by atoms with Crippen LogP contribution in [0.4, 0.5) is 5.69 Å². The quantitative estimate of drug-likeness (QED) is 0.761. The third-order valence-electron chi connectivity index (χ3n) is 2.95. The molecule has 2 N–H and O–H groups in total. The highest BCUT2D eigenvalue weighted by Crippen LogP contribution is 2.15. The zero-order valence-electron chi connectivity index (χ0n) is 9.15. The zero-order valence-corrected chi connectivity index (χ0v) is 9.15. The Kier molecular flexibility index (Phi) is 3.23. The second kappa shape index (κ2) is 4.64. The monoisotopic (exact) mass is 206 g/mol. The molecule has 0 saturated carbocycles. The Balaban J connectivity index is 1.90. The third-order valence-corrected chi connectivity index (χ3v) is 2.95. The van der Waals surface area contributed by atoms with Crippen LogP contribution in [0.2, 0.25) is 0 Å². The summed E-state index contributed by atoms with van der Waals surface area (Å²) in [5, 5.41) is 0. The van der Waals surface area contributed by atoms with Crippen molar-refractivity contribution in [3.63, 3.8) is 0 Å². The smallest absolute Gasteiger partial charge is 0.0710 e. The topological polar surface area (TPSA) is 38.5 Å². The van der Waals surface area contributed by atoms with Gasteiger partial charge in [-0.15, -0.1) is 0 Å². The predicted molar refractivity (Wildman–Crippen MR) is 61.5 cm³/mol. The zero-order chi connectivity index (χ0) is 10.7. The molecule has 0 bridgehead atoms. The molecule has 3 heteroatoms. The lowest BCUT2D eigenvalue weighted by Crippen LogP contribution is -2.22. The molecule has 2 rings (SSSR count). The van der Waals surface area contributed by atoms with Crippen LogP contribution < -0.4 is 5.73 Å². The number of anilines is 1. The Labute approximate surface area is 90.8 Å². The highest BCUT2D eigenvalue weighted by molar-refractivity contribution is 5.39. The maximum atomic E-state index is 5.64. The van der Waals surface area contributed by atoms with Crippen molar-refractivity contribution < 1.29 is 4.74 Å². The molecule has 1 aromatic rings. The van der Waals surface area contributed by atoms with E-state index in [0.717, 1.165) is 31.7 Å². The Morgan fingerprint density at radius 2 is 2.13 bits per heavy atom. The van der Waals surface area contributed by atoms with Gasteiger partial charge in [0.2, 0.25) is 0 Å². The molecule has 3 nitrogen and oxygen atoms in total. The van der Waals surface area contributed by atoms with Crippen molar-refractivity contribution in [2.75, 3.05) is 25.9 Å². The first-order chi connectivity index (χ1) is 7.28. The molecule has 1 aromatic carbocycles. The highest BCUT2D eigenvalue weighted by atomic mass is 16.5. The van der Waals surface area contributed by atoms with Gasteiger partial charge in [-0.05, 0) is 24.1 Å². The van der Waals surface area contributed by atoms with E-state index in [-0.39, 0.29) is 0 Å². The Morgan fingerprint density at radius 1 is 1.40 bits per heavy atom. The van der Waals surface area contributed by atoms with Crippen molar-refractivity contribution in [1.29, 1.82) is 0 Å². The molecule has 0 radical (unpaired) electrons. The first-order valence-corrected chi connectivity index (χ1v) is 5.37. The molecule has 1 saturated heterocycles. The third kappa shape index (κ3) is 2.70. The maximum Gasteiger partial charge on any atom is 0.0710 e. The summed E-state index contributed by atoms with van der Waals surface area (Å²) >= 11 is 0. The van der Waals surface area contributed by atoms with Gasteiger partial charge in [0.25, 0.3) is 0 Å². The van der Waals surface area contributed by atoms with E-state index in [1.807, 2.05) is 12.1 Å². The minimum Gasteiger partial charge on any atom is -0.399 e. The van der Waals surface area contributed by atoms with Crippen molar-refractivity contribution in [3.8, 4) is 0 Å². The molecule has 1 heterocycles. The molecular formula is C12H18N2O. The minimum atomic E-state index is 0.416. The molecule has 0 aromatic heterocycles. The van der Waals surface area contributed by atoms with E-state index >= 15 is 0 Å². The number of benzene rings is 1. The van der Waals surface area contributed by atoms with E-state index in [0.29, 0.717) is 6.10 Å². The van der Waals surface area contributed by atoms with Gasteiger partial charge in [0.15, 0.2) is 0 Å². The number of hydrogen-bond acceptors (Lipinski definition) is 3. The average Bonchev–Trinajstić information content (AvgIpc) is 2.69. The standard InChI is InChI=1S/C12H18N2O/c1-15-12-6-7-14(9-12)8-10-2-4-11(13)5-3-10/h2-5,12H,6-9,13H2,1H3/t12-/m1/s1. The molecule has 1 aliphatic heterocycles. The molecule has 82 valence electrons. The lowest BCUT2D eigenvalue weighted by molar-refractivity contribution is 0.107. The van der Waals surface area contributed by atoms with Crippen LogP contribution in [0.1, 0.15) is 12.0 Å². The van der Waals surface area contributed by atoms with E-state index in [9.17, 15) is 0 Å². The number of methoxy groups -OCH3 is 1. The van der Waals surface area contributed by atoms with Crippen molar-refractivity contribution >= 4 is 5.69 Å². The number of rotatable bonds is 3. The molecule has 0 spiro atoms. The molecule has 1 atom stereocenters. The van der Waals surface area contributed by atoms with E-state index in [2.05, 4.69) is 17.0 Å². The summed E-state index contributed by atoms with van der Waals surface area (Å²) in [6.45, 7) is 3.17. The molecule has 0 aliphatic carbocycles. The van der Waals surface area contributed by atoms with Crippen molar-refractivity contribution in [1.82, 2.24) is 4.90 Å². The van der Waals surface area contributed by atoms with Gasteiger partial charge in [-0.3, -0.25) is 4.90 Å². The fourth-order valence-electron chi connectivity index (χ4n) is 2.01. The van der Waals surface area contributed by atoms with Crippen LogP contribution in [0.25, 0.3) is 0 Å². The van der Waals surface area contributed by atoms with E-state index in [1.165, 1.54) is 5.56 Å². The van der Waals surface area contributed by atoms with Crippen LogP contribution in [0.15, 0.2) is 24.3 Å². The van der Waals surface area contributed by atoms with Gasteiger partial charge in [-0.2, -0.15) is 0 Å².